The molecule has 0 radical (unpaired) electrons. The number of nitrogens with zero attached hydrogens (tertiary/aromatic N) is 1. The second-order valence-electron chi connectivity index (χ2n) is 7.19. The Labute approximate surface area is 179 Å². The highest BCUT2D eigenvalue weighted by atomic mass is 35.5. The van der Waals surface area contributed by atoms with Crippen molar-refractivity contribution in [2.75, 3.05) is 5.32 Å². The van der Waals surface area contributed by atoms with E-state index in [1.54, 1.807) is 18.3 Å². The Balaban J connectivity index is 1.31. The molecule has 0 saturated heterocycles. The molecule has 1 saturated carbocycles. The maximum absolute atomic E-state index is 12.5. The average Bonchev–Trinajstić information content (AvgIpc) is 3.39. The van der Waals surface area contributed by atoms with Crippen molar-refractivity contribution in [2.45, 2.75) is 51.2 Å². The average molecular weight is 431 g/mol. The summed E-state index contributed by atoms with van der Waals surface area (Å²) in [6.45, 7) is 0.400. The molecular weight excluding hydrogens is 408 g/mol. The first-order valence-electron chi connectivity index (χ1n) is 9.87. The van der Waals surface area contributed by atoms with Gasteiger partial charge in [-0.25, -0.2) is 4.98 Å². The third-order valence-electron chi connectivity index (χ3n) is 5.00. The van der Waals surface area contributed by atoms with Crippen LogP contribution in [-0.4, -0.2) is 17.0 Å². The predicted octanol–water partition coefficient (Wildman–Crippen LogP) is 6.08. The van der Waals surface area contributed by atoms with Gasteiger partial charge in [0.2, 0.25) is 0 Å². The maximum atomic E-state index is 12.5. The van der Waals surface area contributed by atoms with Crippen LogP contribution >= 0.6 is 22.9 Å². The molecule has 0 spiro atoms. The lowest BCUT2D eigenvalue weighted by Gasteiger charge is -2.21. The van der Waals surface area contributed by atoms with Crippen LogP contribution in [0.5, 0.6) is 0 Å². The first-order chi connectivity index (χ1) is 14.2. The molecule has 0 unspecified atom stereocenters. The van der Waals surface area contributed by atoms with E-state index in [0.717, 1.165) is 28.3 Å². The summed E-state index contributed by atoms with van der Waals surface area (Å²) in [6.07, 6.45) is 8.69. The monoisotopic (exact) mass is 430 g/mol. The number of hydrogen-bond donors (Lipinski definition) is 1. The lowest BCUT2D eigenvalue weighted by atomic mass is 9.98. The van der Waals surface area contributed by atoms with Gasteiger partial charge in [0.05, 0.1) is 6.10 Å². The second-order valence-corrected chi connectivity index (χ2v) is 8.71. The smallest absolute Gasteiger partial charge is 0.293 e. The maximum Gasteiger partial charge on any atom is 0.293 e. The molecule has 0 atom stereocenters. The lowest BCUT2D eigenvalue weighted by Crippen LogP contribution is -2.16. The normalized spacial score (nSPS) is 14.8. The number of benzene rings is 1. The highest BCUT2D eigenvalue weighted by Crippen LogP contribution is 2.25. The van der Waals surface area contributed by atoms with Crippen LogP contribution in [0.1, 0.15) is 58.9 Å². The molecule has 1 amide bonds. The van der Waals surface area contributed by atoms with Gasteiger partial charge in [-0.05, 0) is 36.6 Å². The molecule has 2 aromatic heterocycles. The Kier molecular flexibility index (Phi) is 6.64. The zero-order chi connectivity index (χ0) is 20.1. The van der Waals surface area contributed by atoms with Gasteiger partial charge in [0.15, 0.2) is 10.9 Å². The van der Waals surface area contributed by atoms with Crippen LogP contribution in [0.15, 0.2) is 47.0 Å². The Morgan fingerprint density at radius 1 is 1.21 bits per heavy atom. The van der Waals surface area contributed by atoms with Gasteiger partial charge in [0, 0.05) is 22.5 Å². The molecule has 0 aliphatic heterocycles. The fraction of sp³-hybridized carbons (Fsp3) is 0.364. The number of halogens is 1. The van der Waals surface area contributed by atoms with Crippen molar-refractivity contribution in [1.29, 1.82) is 0 Å². The molecule has 1 N–H and O–H groups in total. The molecule has 1 aliphatic carbocycles. The molecule has 152 valence electrons. The van der Waals surface area contributed by atoms with Gasteiger partial charge < -0.3 is 9.15 Å². The number of anilines is 1. The van der Waals surface area contributed by atoms with Crippen molar-refractivity contribution in [3.8, 4) is 0 Å². The van der Waals surface area contributed by atoms with Gasteiger partial charge in [0.1, 0.15) is 12.4 Å². The lowest BCUT2D eigenvalue weighted by molar-refractivity contribution is 0.00849. The predicted molar refractivity (Wildman–Crippen MR) is 115 cm³/mol. The molecule has 29 heavy (non-hydrogen) atoms. The number of thiazole rings is 1. The largest absolute Gasteiger partial charge is 0.453 e. The first-order valence-corrected chi connectivity index (χ1v) is 11.1. The number of carbonyl (C=O) groups is 1. The first kappa shape index (κ1) is 20.1. The Bertz CT molecular complexity index is 962. The van der Waals surface area contributed by atoms with Gasteiger partial charge >= 0.3 is 0 Å². The second kappa shape index (κ2) is 9.57. The van der Waals surface area contributed by atoms with Crippen LogP contribution in [-0.2, 0) is 17.8 Å². The minimum absolute atomic E-state index is 0.259. The topological polar surface area (TPSA) is 64.4 Å². The molecule has 1 aliphatic rings. The Hall–Kier alpha value is -2.15. The number of ether oxygens (including phenoxy) is 1. The van der Waals surface area contributed by atoms with E-state index in [4.69, 9.17) is 20.8 Å². The molecule has 1 aromatic carbocycles. The third-order valence-corrected chi connectivity index (χ3v) is 6.28. The van der Waals surface area contributed by atoms with Crippen molar-refractivity contribution in [3.05, 3.63) is 69.6 Å². The zero-order valence-corrected chi connectivity index (χ0v) is 17.6. The summed E-state index contributed by atoms with van der Waals surface area (Å²) in [4.78, 5) is 17.8. The fourth-order valence-electron chi connectivity index (χ4n) is 3.44. The zero-order valence-electron chi connectivity index (χ0n) is 16.0. The SMILES string of the molecule is O=C(Nc1ncc(Cc2ccccc2Cl)s1)c1ccc(COC2CCCCC2)o1. The quantitative estimate of drug-likeness (QED) is 0.493. The van der Waals surface area contributed by atoms with E-state index in [9.17, 15) is 4.79 Å². The van der Waals surface area contributed by atoms with Crippen LogP contribution in [0.3, 0.4) is 0 Å². The van der Waals surface area contributed by atoms with E-state index in [2.05, 4.69) is 10.3 Å². The van der Waals surface area contributed by atoms with Gasteiger partial charge in [-0.2, -0.15) is 0 Å². The minimum Gasteiger partial charge on any atom is -0.453 e. The molecule has 1 fully saturated rings. The highest BCUT2D eigenvalue weighted by Gasteiger charge is 2.17. The summed E-state index contributed by atoms with van der Waals surface area (Å²) in [5.74, 6) is 0.613. The number of amides is 1. The summed E-state index contributed by atoms with van der Waals surface area (Å²) in [5, 5.41) is 4.06. The van der Waals surface area contributed by atoms with E-state index >= 15 is 0 Å². The molecule has 5 nitrogen and oxygen atoms in total. The number of carbonyl (C=O) groups excluding carboxylic acids is 1. The van der Waals surface area contributed by atoms with Crippen molar-refractivity contribution < 1.29 is 13.9 Å². The molecular formula is C22H23ClN2O3S. The van der Waals surface area contributed by atoms with Gasteiger partial charge in [-0.15, -0.1) is 11.3 Å². The van der Waals surface area contributed by atoms with Crippen molar-refractivity contribution >= 4 is 34.0 Å². The Morgan fingerprint density at radius 2 is 2.03 bits per heavy atom. The number of hydrogen-bond acceptors (Lipinski definition) is 5. The molecule has 3 aromatic rings. The van der Waals surface area contributed by atoms with E-state index < -0.39 is 0 Å². The van der Waals surface area contributed by atoms with E-state index in [0.29, 0.717) is 30.0 Å². The summed E-state index contributed by atoms with van der Waals surface area (Å²) in [6, 6.07) is 11.2. The Morgan fingerprint density at radius 3 is 2.86 bits per heavy atom. The van der Waals surface area contributed by atoms with E-state index in [1.807, 2.05) is 24.3 Å². The molecule has 2 heterocycles. The number of rotatable bonds is 7. The number of aromatic nitrogens is 1. The summed E-state index contributed by atoms with van der Waals surface area (Å²) < 4.78 is 11.6. The van der Waals surface area contributed by atoms with Crippen molar-refractivity contribution in [3.63, 3.8) is 0 Å². The molecule has 4 rings (SSSR count). The van der Waals surface area contributed by atoms with Gasteiger partial charge in [0.25, 0.3) is 5.91 Å². The van der Waals surface area contributed by atoms with E-state index in [1.165, 1.54) is 30.6 Å². The standard InChI is InChI=1S/C22H23ClN2O3S/c23-19-9-5-4-6-15(19)12-18-13-24-22(29-18)25-21(26)20-11-10-17(28-20)14-27-16-7-2-1-3-8-16/h4-6,9-11,13,16H,1-3,7-8,12,14H2,(H,24,25,26). The minimum atomic E-state index is -0.312. The van der Waals surface area contributed by atoms with Crippen LogP contribution in [0.4, 0.5) is 5.13 Å². The van der Waals surface area contributed by atoms with Crippen LogP contribution in [0, 0.1) is 0 Å². The number of furan rings is 1. The summed E-state index contributed by atoms with van der Waals surface area (Å²) in [5.41, 5.74) is 1.03. The van der Waals surface area contributed by atoms with Crippen LogP contribution < -0.4 is 5.32 Å². The van der Waals surface area contributed by atoms with Crippen LogP contribution in [0.25, 0.3) is 0 Å². The van der Waals surface area contributed by atoms with Crippen molar-refractivity contribution in [2.24, 2.45) is 0 Å². The van der Waals surface area contributed by atoms with E-state index in [-0.39, 0.29) is 11.7 Å². The number of nitrogens with one attached hydrogen (secondary N) is 1. The van der Waals surface area contributed by atoms with Crippen molar-refractivity contribution in [1.82, 2.24) is 4.98 Å². The van der Waals surface area contributed by atoms with Gasteiger partial charge in [-0.3, -0.25) is 10.1 Å². The van der Waals surface area contributed by atoms with Crippen LogP contribution in [0.2, 0.25) is 5.02 Å². The fourth-order valence-corrected chi connectivity index (χ4v) is 4.48. The van der Waals surface area contributed by atoms with Gasteiger partial charge in [-0.1, -0.05) is 49.1 Å². The highest BCUT2D eigenvalue weighted by molar-refractivity contribution is 7.15. The molecule has 7 heteroatoms. The third kappa shape index (κ3) is 5.47. The summed E-state index contributed by atoms with van der Waals surface area (Å²) in [7, 11) is 0. The molecule has 0 bridgehead atoms. The summed E-state index contributed by atoms with van der Waals surface area (Å²) >= 11 is 7.64.